The maximum atomic E-state index is 10.7. The second-order valence-electron chi connectivity index (χ2n) is 4.74. The van der Waals surface area contributed by atoms with Crippen LogP contribution in [0, 0.1) is 5.92 Å². The van der Waals surface area contributed by atoms with E-state index in [9.17, 15) is 4.79 Å². The molecule has 0 bridgehead atoms. The van der Waals surface area contributed by atoms with Crippen LogP contribution in [-0.2, 0) is 6.42 Å². The first-order valence-electron chi connectivity index (χ1n) is 5.91. The third-order valence-corrected chi connectivity index (χ3v) is 3.50. The quantitative estimate of drug-likeness (QED) is 0.785. The third kappa shape index (κ3) is 3.22. The van der Waals surface area contributed by atoms with Gasteiger partial charge in [0.25, 0.3) is 0 Å². The van der Waals surface area contributed by atoms with Crippen LogP contribution in [-0.4, -0.2) is 23.2 Å². The molecular formula is C13H19ClN2O2. The van der Waals surface area contributed by atoms with Crippen LogP contribution in [0.4, 0.5) is 0 Å². The van der Waals surface area contributed by atoms with Crippen molar-refractivity contribution >= 4 is 18.4 Å². The van der Waals surface area contributed by atoms with Gasteiger partial charge in [0, 0.05) is 12.1 Å². The van der Waals surface area contributed by atoms with Crippen molar-refractivity contribution in [3.8, 4) is 0 Å². The van der Waals surface area contributed by atoms with Crippen LogP contribution in [0.25, 0.3) is 0 Å². The van der Waals surface area contributed by atoms with Gasteiger partial charge in [0.15, 0.2) is 0 Å². The van der Waals surface area contributed by atoms with Gasteiger partial charge in [-0.05, 0) is 43.9 Å². The maximum absolute atomic E-state index is 10.7. The van der Waals surface area contributed by atoms with Crippen molar-refractivity contribution in [3.63, 3.8) is 0 Å². The molecule has 1 aliphatic heterocycles. The molecule has 1 saturated heterocycles. The highest BCUT2D eigenvalue weighted by Crippen LogP contribution is 2.20. The molecule has 1 heterocycles. The number of halogens is 1. The highest BCUT2D eigenvalue weighted by atomic mass is 35.5. The van der Waals surface area contributed by atoms with Crippen molar-refractivity contribution < 1.29 is 9.90 Å². The summed E-state index contributed by atoms with van der Waals surface area (Å²) in [6.45, 7) is 4.32. The molecule has 18 heavy (non-hydrogen) atoms. The van der Waals surface area contributed by atoms with Crippen molar-refractivity contribution in [1.82, 2.24) is 10.9 Å². The summed E-state index contributed by atoms with van der Waals surface area (Å²) >= 11 is 0. The van der Waals surface area contributed by atoms with E-state index in [2.05, 4.69) is 24.7 Å². The first kappa shape index (κ1) is 15.0. The van der Waals surface area contributed by atoms with E-state index in [1.54, 1.807) is 12.1 Å². The lowest BCUT2D eigenvalue weighted by molar-refractivity contribution is 0.0697. The van der Waals surface area contributed by atoms with Gasteiger partial charge in [-0.2, -0.15) is 0 Å². The van der Waals surface area contributed by atoms with Crippen LogP contribution in [0.5, 0.6) is 0 Å². The second kappa shape index (κ2) is 6.18. The molecule has 1 aromatic carbocycles. The van der Waals surface area contributed by atoms with E-state index in [4.69, 9.17) is 5.11 Å². The topological polar surface area (TPSA) is 61.4 Å². The molecule has 2 atom stereocenters. The van der Waals surface area contributed by atoms with E-state index in [0.29, 0.717) is 23.6 Å². The van der Waals surface area contributed by atoms with Gasteiger partial charge >= 0.3 is 5.97 Å². The fourth-order valence-electron chi connectivity index (χ4n) is 2.32. The summed E-state index contributed by atoms with van der Waals surface area (Å²) in [4.78, 5) is 10.7. The van der Waals surface area contributed by atoms with E-state index < -0.39 is 5.97 Å². The Kier molecular flexibility index (Phi) is 5.14. The molecule has 0 aliphatic carbocycles. The lowest BCUT2D eigenvalue weighted by atomic mass is 9.89. The Labute approximate surface area is 113 Å². The maximum Gasteiger partial charge on any atom is 0.335 e. The van der Waals surface area contributed by atoms with E-state index in [1.165, 1.54) is 5.56 Å². The zero-order valence-corrected chi connectivity index (χ0v) is 11.3. The van der Waals surface area contributed by atoms with E-state index in [1.807, 2.05) is 12.1 Å². The average Bonchev–Trinajstić information content (AvgIpc) is 2.61. The molecule has 2 unspecified atom stereocenters. The van der Waals surface area contributed by atoms with Crippen LogP contribution in [0.15, 0.2) is 24.3 Å². The van der Waals surface area contributed by atoms with Crippen molar-refractivity contribution in [2.75, 3.05) is 0 Å². The highest BCUT2D eigenvalue weighted by molar-refractivity contribution is 5.87. The molecule has 4 nitrogen and oxygen atoms in total. The molecule has 100 valence electrons. The minimum Gasteiger partial charge on any atom is -0.478 e. The summed E-state index contributed by atoms with van der Waals surface area (Å²) in [7, 11) is 0. The Morgan fingerprint density at radius 2 is 1.67 bits per heavy atom. The van der Waals surface area contributed by atoms with Gasteiger partial charge in [0.2, 0.25) is 0 Å². The number of benzene rings is 1. The van der Waals surface area contributed by atoms with Crippen molar-refractivity contribution in [2.45, 2.75) is 32.4 Å². The van der Waals surface area contributed by atoms with Crippen LogP contribution in [0.3, 0.4) is 0 Å². The number of rotatable bonds is 3. The largest absolute Gasteiger partial charge is 0.478 e. The molecule has 0 radical (unpaired) electrons. The van der Waals surface area contributed by atoms with Gasteiger partial charge in [-0.1, -0.05) is 12.1 Å². The predicted octanol–water partition coefficient (Wildman–Crippen LogP) is 1.85. The van der Waals surface area contributed by atoms with Gasteiger partial charge in [-0.25, -0.2) is 4.79 Å². The van der Waals surface area contributed by atoms with Crippen molar-refractivity contribution in [3.05, 3.63) is 35.4 Å². The summed E-state index contributed by atoms with van der Waals surface area (Å²) in [5.41, 5.74) is 7.98. The number of aromatic carboxylic acids is 1. The Morgan fingerprint density at radius 3 is 2.11 bits per heavy atom. The summed E-state index contributed by atoms with van der Waals surface area (Å²) in [6.07, 6.45) is 0.961. The number of hydrazine groups is 1. The summed E-state index contributed by atoms with van der Waals surface area (Å²) in [5.74, 6) is -0.340. The minimum atomic E-state index is -0.873. The monoisotopic (exact) mass is 270 g/mol. The standard InChI is InChI=1S/C13H18N2O2.ClH/c1-8-12(9(2)15-14-8)7-10-3-5-11(6-4-10)13(16)17;/h3-6,8-9,12,14-15H,7H2,1-2H3,(H,16,17);1H. The number of hydrogen-bond donors (Lipinski definition) is 3. The van der Waals surface area contributed by atoms with Crippen LogP contribution < -0.4 is 10.9 Å². The molecule has 0 saturated carbocycles. The number of carboxylic acid groups (broad SMARTS) is 1. The first-order chi connectivity index (χ1) is 8.08. The smallest absolute Gasteiger partial charge is 0.335 e. The zero-order valence-electron chi connectivity index (χ0n) is 10.5. The highest BCUT2D eigenvalue weighted by Gasteiger charge is 2.29. The van der Waals surface area contributed by atoms with Gasteiger partial charge in [-0.15, -0.1) is 12.4 Å². The second-order valence-corrected chi connectivity index (χ2v) is 4.74. The Morgan fingerprint density at radius 1 is 1.17 bits per heavy atom. The fraction of sp³-hybridized carbons (Fsp3) is 0.462. The lowest BCUT2D eigenvalue weighted by Crippen LogP contribution is -2.30. The summed E-state index contributed by atoms with van der Waals surface area (Å²) in [6, 6.07) is 8.02. The number of hydrogen-bond acceptors (Lipinski definition) is 3. The molecule has 5 heteroatoms. The molecule has 0 spiro atoms. The predicted molar refractivity (Wildman–Crippen MR) is 73.0 cm³/mol. The van der Waals surface area contributed by atoms with E-state index in [0.717, 1.165) is 6.42 Å². The van der Waals surface area contributed by atoms with Gasteiger partial charge in [0.1, 0.15) is 0 Å². The molecule has 2 rings (SSSR count). The van der Waals surface area contributed by atoms with Crippen LogP contribution >= 0.6 is 12.4 Å². The molecule has 3 N–H and O–H groups in total. The van der Waals surface area contributed by atoms with Crippen molar-refractivity contribution in [1.29, 1.82) is 0 Å². The van der Waals surface area contributed by atoms with E-state index >= 15 is 0 Å². The fourth-order valence-corrected chi connectivity index (χ4v) is 2.32. The van der Waals surface area contributed by atoms with Crippen LogP contribution in [0.2, 0.25) is 0 Å². The van der Waals surface area contributed by atoms with Gasteiger partial charge in [-0.3, -0.25) is 10.9 Å². The van der Waals surface area contributed by atoms with E-state index in [-0.39, 0.29) is 12.4 Å². The molecule has 1 aliphatic rings. The molecule has 1 fully saturated rings. The third-order valence-electron chi connectivity index (χ3n) is 3.50. The van der Waals surface area contributed by atoms with Gasteiger partial charge in [0.05, 0.1) is 5.56 Å². The van der Waals surface area contributed by atoms with Gasteiger partial charge < -0.3 is 5.11 Å². The Hall–Kier alpha value is -1.10. The molecule has 0 amide bonds. The minimum absolute atomic E-state index is 0. The average molecular weight is 271 g/mol. The zero-order chi connectivity index (χ0) is 12.4. The first-order valence-corrected chi connectivity index (χ1v) is 5.91. The Balaban J connectivity index is 0.00000162. The number of nitrogens with one attached hydrogen (secondary N) is 2. The normalized spacial score (nSPS) is 26.7. The lowest BCUT2D eigenvalue weighted by Gasteiger charge is -2.17. The SMILES string of the molecule is CC1NNC(C)C1Cc1ccc(C(=O)O)cc1.Cl. The molecule has 0 aromatic heterocycles. The Bertz CT molecular complexity index is 398. The number of carboxylic acids is 1. The molecular weight excluding hydrogens is 252 g/mol. The molecule has 1 aromatic rings. The summed E-state index contributed by atoms with van der Waals surface area (Å²) in [5, 5.41) is 8.82. The number of carbonyl (C=O) groups is 1. The van der Waals surface area contributed by atoms with Crippen LogP contribution in [0.1, 0.15) is 29.8 Å². The summed E-state index contributed by atoms with van der Waals surface area (Å²) < 4.78 is 0. The van der Waals surface area contributed by atoms with Crippen molar-refractivity contribution in [2.24, 2.45) is 5.92 Å².